The molecular weight excluding hydrogens is 719 g/mol. The van der Waals surface area contributed by atoms with Gasteiger partial charge in [0.25, 0.3) is 0 Å². The highest BCUT2D eigenvalue weighted by molar-refractivity contribution is 6.58. The lowest BCUT2D eigenvalue weighted by Crippen LogP contribution is -2.41. The number of carboxylic acids is 2. The minimum atomic E-state index is -1.19. The fourth-order valence-electron chi connectivity index (χ4n) is 5.15. The molecule has 0 aliphatic carbocycles. The molecule has 0 saturated carbocycles. The molecule has 0 spiro atoms. The van der Waals surface area contributed by atoms with Crippen molar-refractivity contribution in [3.8, 4) is 0 Å². The highest BCUT2D eigenvalue weighted by Crippen LogP contribution is 2.14. The van der Waals surface area contributed by atoms with Crippen molar-refractivity contribution in [1.29, 1.82) is 0 Å². The van der Waals surface area contributed by atoms with Crippen LogP contribution >= 0.6 is 0 Å². The van der Waals surface area contributed by atoms with Crippen molar-refractivity contribution in [2.24, 2.45) is 0 Å². The Balaban J connectivity index is 3.66. The first-order valence-corrected chi connectivity index (χ1v) is 19.6. The Hall–Kier alpha value is -3.61. The Kier molecular flexibility index (Phi) is 34.9. The lowest BCUT2D eigenvalue weighted by molar-refractivity contribution is -0.142. The summed E-state index contributed by atoms with van der Waals surface area (Å²) in [7, 11) is 4.92. The van der Waals surface area contributed by atoms with Crippen molar-refractivity contribution in [3.63, 3.8) is 0 Å². The average molecular weight is 785 g/mol. The average Bonchev–Trinajstić information content (AvgIpc) is 3.14. The number of aliphatic carboxylic acids is 2. The molecule has 2 radical (unpaired) electrons. The molecule has 0 aromatic rings. The second-order valence-corrected chi connectivity index (χ2v) is 13.1. The lowest BCUT2D eigenvalue weighted by Gasteiger charge is -2.14. The number of amides is 4. The first-order valence-electron chi connectivity index (χ1n) is 19.6. The third-order valence-electron chi connectivity index (χ3n) is 8.15. The molecular formula is C37H65BN4O13. The molecule has 0 aliphatic rings. The van der Waals surface area contributed by atoms with E-state index in [4.69, 9.17) is 31.9 Å². The second kappa shape index (κ2) is 37.3. The molecule has 6 N–H and O–H groups in total. The van der Waals surface area contributed by atoms with Gasteiger partial charge in [-0.3, -0.25) is 24.0 Å². The molecule has 0 fully saturated rings. The van der Waals surface area contributed by atoms with Crippen LogP contribution in [0.5, 0.6) is 0 Å². The van der Waals surface area contributed by atoms with Gasteiger partial charge in [0.05, 0.1) is 51.9 Å². The van der Waals surface area contributed by atoms with Gasteiger partial charge in [-0.1, -0.05) is 77.0 Å². The number of hydrogen-bond donors (Lipinski definition) is 6. The van der Waals surface area contributed by atoms with Crippen LogP contribution in [0.2, 0.25) is 0 Å². The van der Waals surface area contributed by atoms with E-state index in [9.17, 15) is 38.7 Å². The van der Waals surface area contributed by atoms with Gasteiger partial charge in [0.1, 0.15) is 19.3 Å². The summed E-state index contributed by atoms with van der Waals surface area (Å²) in [5.74, 6) is -3.40. The van der Waals surface area contributed by atoms with Crippen molar-refractivity contribution in [2.45, 2.75) is 122 Å². The monoisotopic (exact) mass is 784 g/mol. The molecule has 1 atom stereocenters. The molecule has 0 rings (SSSR count). The summed E-state index contributed by atoms with van der Waals surface area (Å²) in [6.07, 6.45) is 15.5. The normalized spacial score (nSPS) is 11.4. The lowest BCUT2D eigenvalue weighted by atomic mass is 10.0. The molecule has 0 saturated heterocycles. The second-order valence-electron chi connectivity index (χ2n) is 13.1. The van der Waals surface area contributed by atoms with E-state index < -0.39 is 29.6 Å². The topological polar surface area (TPSA) is 245 Å². The van der Waals surface area contributed by atoms with Gasteiger partial charge in [-0.05, 0) is 19.3 Å². The Labute approximate surface area is 326 Å². The van der Waals surface area contributed by atoms with Crippen LogP contribution in [-0.4, -0.2) is 138 Å². The smallest absolute Gasteiger partial charge is 0.326 e. The number of nitrogens with one attached hydrogen (secondary N) is 4. The van der Waals surface area contributed by atoms with Crippen molar-refractivity contribution in [2.75, 3.05) is 72.5 Å². The van der Waals surface area contributed by atoms with Gasteiger partial charge >= 0.3 is 11.9 Å². The molecule has 18 heteroatoms. The fraction of sp³-hybridized carbons (Fsp3) is 0.811. The minimum Gasteiger partial charge on any atom is -0.481 e. The van der Waals surface area contributed by atoms with E-state index >= 15 is 0 Å². The summed E-state index contributed by atoms with van der Waals surface area (Å²) in [4.78, 5) is 80.2. The van der Waals surface area contributed by atoms with E-state index in [-0.39, 0.29) is 116 Å². The largest absolute Gasteiger partial charge is 0.481 e. The third-order valence-corrected chi connectivity index (χ3v) is 8.15. The summed E-state index contributed by atoms with van der Waals surface area (Å²) >= 11 is 0. The maximum atomic E-state index is 12.3. The van der Waals surface area contributed by atoms with Crippen molar-refractivity contribution >= 4 is 49.1 Å². The van der Waals surface area contributed by atoms with Gasteiger partial charge in [0.15, 0.2) is 7.85 Å². The van der Waals surface area contributed by atoms with Crippen LogP contribution in [0, 0.1) is 0 Å². The zero-order chi connectivity index (χ0) is 40.8. The summed E-state index contributed by atoms with van der Waals surface area (Å²) in [5, 5.41) is 28.2. The highest BCUT2D eigenvalue weighted by atomic mass is 16.5. The van der Waals surface area contributed by atoms with Crippen LogP contribution in [-0.2, 0) is 52.5 Å². The van der Waals surface area contributed by atoms with Gasteiger partial charge in [0, 0.05) is 32.4 Å². The zero-order valence-corrected chi connectivity index (χ0v) is 32.5. The van der Waals surface area contributed by atoms with Crippen LogP contribution in [0.4, 0.5) is 0 Å². The molecule has 0 bridgehead atoms. The Morgan fingerprint density at radius 2 is 0.891 bits per heavy atom. The maximum Gasteiger partial charge on any atom is 0.326 e. The Morgan fingerprint density at radius 1 is 0.473 bits per heavy atom. The molecule has 0 aromatic heterocycles. The third kappa shape index (κ3) is 38.5. The quantitative estimate of drug-likeness (QED) is 0.0384. The number of unbranched alkanes of at least 4 members (excludes halogenated alkanes) is 13. The number of carbonyl (C=O) groups is 7. The zero-order valence-electron chi connectivity index (χ0n) is 32.5. The SMILES string of the molecule is [B]C(=O)CNC(=O)COCCOCCNC(=O)COCCOCCNC(=O)CC[C@H](NC(=O)CCCCCCCCCCCCCCCCC(=O)O)C(=O)O. The standard InChI is InChI=1S/C37H65BN4O13/c38-31(43)27-41-35(47)29-55-26-24-53-22-20-40-34(46)28-54-25-23-52-21-19-39-32(44)18-17-30(37(50)51)42-33(45)15-13-11-9-7-5-3-1-2-4-6-8-10-12-14-16-36(48)49/h30H,1-29H2,(H,39,44)(H,40,46)(H,41,47)(H,42,45)(H,48,49)(H,50,51)/t30-/m0/s1. The fourth-order valence-corrected chi connectivity index (χ4v) is 5.15. The molecule has 17 nitrogen and oxygen atoms in total. The van der Waals surface area contributed by atoms with E-state index in [0.29, 0.717) is 6.42 Å². The van der Waals surface area contributed by atoms with E-state index in [1.165, 1.54) is 44.9 Å². The predicted octanol–water partition coefficient (Wildman–Crippen LogP) is 1.77. The Bertz CT molecular complexity index is 1080. The number of carboxylic acid groups (broad SMARTS) is 2. The summed E-state index contributed by atoms with van der Waals surface area (Å²) in [5.41, 5.74) is -0.651. The number of ether oxygens (including phenoxy) is 4. The van der Waals surface area contributed by atoms with E-state index in [1.807, 2.05) is 0 Å². The molecule has 0 aliphatic heterocycles. The van der Waals surface area contributed by atoms with Crippen LogP contribution in [0.1, 0.15) is 116 Å². The first-order chi connectivity index (χ1) is 26.5. The van der Waals surface area contributed by atoms with Gasteiger partial charge < -0.3 is 55.2 Å². The van der Waals surface area contributed by atoms with Crippen LogP contribution in [0.25, 0.3) is 0 Å². The number of rotatable bonds is 40. The molecule has 0 aromatic carbocycles. The maximum absolute atomic E-state index is 12.3. The number of hydrogen-bond acceptors (Lipinski definition) is 11. The molecule has 0 unspecified atom stereocenters. The van der Waals surface area contributed by atoms with Crippen LogP contribution < -0.4 is 21.3 Å². The van der Waals surface area contributed by atoms with Crippen LogP contribution in [0.3, 0.4) is 0 Å². The molecule has 55 heavy (non-hydrogen) atoms. The molecule has 314 valence electrons. The van der Waals surface area contributed by atoms with Crippen LogP contribution in [0.15, 0.2) is 0 Å². The number of carbonyl (C=O) groups excluding carboxylic acids is 5. The van der Waals surface area contributed by atoms with E-state index in [0.717, 1.165) is 38.5 Å². The molecule has 0 heterocycles. The van der Waals surface area contributed by atoms with Gasteiger partial charge in [-0.2, -0.15) is 0 Å². The Morgan fingerprint density at radius 3 is 1.35 bits per heavy atom. The first kappa shape index (κ1) is 51.4. The van der Waals surface area contributed by atoms with Crippen molar-refractivity contribution in [1.82, 2.24) is 21.3 Å². The van der Waals surface area contributed by atoms with E-state index in [2.05, 4.69) is 21.3 Å². The van der Waals surface area contributed by atoms with Gasteiger partial charge in [0.2, 0.25) is 23.6 Å². The van der Waals surface area contributed by atoms with Gasteiger partial charge in [-0.25, -0.2) is 4.79 Å². The van der Waals surface area contributed by atoms with E-state index in [1.54, 1.807) is 0 Å². The highest BCUT2D eigenvalue weighted by Gasteiger charge is 2.20. The molecule has 4 amide bonds. The van der Waals surface area contributed by atoms with Crippen molar-refractivity contribution in [3.05, 3.63) is 0 Å². The van der Waals surface area contributed by atoms with Gasteiger partial charge in [-0.15, -0.1) is 0 Å². The van der Waals surface area contributed by atoms with Crippen molar-refractivity contribution < 1.29 is 62.7 Å². The predicted molar refractivity (Wildman–Crippen MR) is 203 cm³/mol. The summed E-state index contributed by atoms with van der Waals surface area (Å²) in [6, 6.07) is -1.14. The summed E-state index contributed by atoms with van der Waals surface area (Å²) in [6.45, 7) is 0.944. The minimum absolute atomic E-state index is 0.0299. The summed E-state index contributed by atoms with van der Waals surface area (Å²) < 4.78 is 21.0.